The second-order valence-electron chi connectivity index (χ2n) is 6.29. The minimum absolute atomic E-state index is 0.117. The molecular formula is C19H16Cl2F2N2O2. The molecule has 0 atom stereocenters. The van der Waals surface area contributed by atoms with Crippen LogP contribution in [-0.4, -0.2) is 35.8 Å². The Balaban J connectivity index is 1.57. The lowest BCUT2D eigenvalue weighted by atomic mass is 10.0. The van der Waals surface area contributed by atoms with E-state index in [1.807, 2.05) is 0 Å². The molecule has 0 bridgehead atoms. The van der Waals surface area contributed by atoms with Gasteiger partial charge in [-0.15, -0.1) is 0 Å². The van der Waals surface area contributed by atoms with Crippen LogP contribution in [0.3, 0.4) is 0 Å². The molecule has 0 saturated carbocycles. The summed E-state index contributed by atoms with van der Waals surface area (Å²) in [4.78, 5) is 26.2. The van der Waals surface area contributed by atoms with E-state index in [1.165, 1.54) is 11.0 Å². The van der Waals surface area contributed by atoms with Crippen LogP contribution in [0.25, 0.3) is 0 Å². The molecule has 1 heterocycles. The third-order valence-corrected chi connectivity index (χ3v) is 5.20. The van der Waals surface area contributed by atoms with Crippen LogP contribution in [0.2, 0.25) is 10.0 Å². The lowest BCUT2D eigenvalue weighted by molar-refractivity contribution is 0.0693. The Hall–Kier alpha value is -2.18. The van der Waals surface area contributed by atoms with Crippen LogP contribution >= 0.6 is 23.2 Å². The number of hydrogen-bond donors (Lipinski definition) is 1. The van der Waals surface area contributed by atoms with Crippen molar-refractivity contribution in [1.29, 1.82) is 0 Å². The van der Waals surface area contributed by atoms with Crippen LogP contribution < -0.4 is 5.32 Å². The Morgan fingerprint density at radius 3 is 2.33 bits per heavy atom. The van der Waals surface area contributed by atoms with Gasteiger partial charge in [-0.2, -0.15) is 0 Å². The van der Waals surface area contributed by atoms with E-state index in [2.05, 4.69) is 5.32 Å². The minimum Gasteiger partial charge on any atom is -0.349 e. The zero-order valence-corrected chi connectivity index (χ0v) is 15.7. The molecule has 142 valence electrons. The van der Waals surface area contributed by atoms with Gasteiger partial charge in [-0.3, -0.25) is 9.59 Å². The first-order valence-electron chi connectivity index (χ1n) is 8.35. The van der Waals surface area contributed by atoms with Gasteiger partial charge >= 0.3 is 0 Å². The summed E-state index contributed by atoms with van der Waals surface area (Å²) in [6.07, 6.45) is 1.06. The van der Waals surface area contributed by atoms with Crippen LogP contribution in [-0.2, 0) is 0 Å². The van der Waals surface area contributed by atoms with E-state index in [0.29, 0.717) is 47.6 Å². The molecule has 0 spiro atoms. The predicted molar refractivity (Wildman–Crippen MR) is 99.2 cm³/mol. The second-order valence-corrected chi connectivity index (χ2v) is 7.11. The van der Waals surface area contributed by atoms with Crippen molar-refractivity contribution in [2.75, 3.05) is 13.1 Å². The maximum absolute atomic E-state index is 13.8. The van der Waals surface area contributed by atoms with Crippen LogP contribution in [0.15, 0.2) is 36.4 Å². The molecule has 8 heteroatoms. The number of hydrogen-bond acceptors (Lipinski definition) is 2. The number of halogens is 4. The van der Waals surface area contributed by atoms with Gasteiger partial charge < -0.3 is 10.2 Å². The molecule has 1 aliphatic heterocycles. The molecule has 1 saturated heterocycles. The van der Waals surface area contributed by atoms with E-state index >= 15 is 0 Å². The van der Waals surface area contributed by atoms with Crippen LogP contribution in [0.4, 0.5) is 8.78 Å². The van der Waals surface area contributed by atoms with Gasteiger partial charge in [0.2, 0.25) is 0 Å². The standard InChI is InChI=1S/C19H16Cl2F2N2O2/c20-15-4-1-11(9-16(15)21)18(26)24-13-5-7-25(8-6-13)19(27)14-3-2-12(22)10-17(14)23/h1-4,9-10,13H,5-8H2,(H,24,26). The number of amides is 2. The number of nitrogens with zero attached hydrogens (tertiary/aromatic N) is 1. The molecule has 3 rings (SSSR count). The topological polar surface area (TPSA) is 49.4 Å². The summed E-state index contributed by atoms with van der Waals surface area (Å²) in [5, 5.41) is 3.56. The van der Waals surface area contributed by atoms with Crippen molar-refractivity contribution in [2.45, 2.75) is 18.9 Å². The predicted octanol–water partition coefficient (Wildman–Crippen LogP) is 4.31. The first-order chi connectivity index (χ1) is 12.8. The van der Waals surface area contributed by atoms with Crippen molar-refractivity contribution in [3.05, 3.63) is 69.2 Å². The SMILES string of the molecule is O=C(NC1CCN(C(=O)c2ccc(F)cc2F)CC1)c1ccc(Cl)c(Cl)c1. The largest absolute Gasteiger partial charge is 0.349 e. The highest BCUT2D eigenvalue weighted by Crippen LogP contribution is 2.23. The smallest absolute Gasteiger partial charge is 0.256 e. The Kier molecular flexibility index (Phi) is 5.97. The summed E-state index contributed by atoms with van der Waals surface area (Å²) in [7, 11) is 0. The van der Waals surface area contributed by atoms with E-state index in [4.69, 9.17) is 23.2 Å². The normalized spacial score (nSPS) is 14.9. The van der Waals surface area contributed by atoms with Crippen molar-refractivity contribution in [3.8, 4) is 0 Å². The maximum Gasteiger partial charge on any atom is 0.256 e. The molecule has 1 fully saturated rings. The van der Waals surface area contributed by atoms with Gasteiger partial charge in [0.25, 0.3) is 11.8 Å². The van der Waals surface area contributed by atoms with E-state index in [0.717, 1.165) is 12.1 Å². The maximum atomic E-state index is 13.8. The van der Waals surface area contributed by atoms with Gasteiger partial charge in [0.05, 0.1) is 15.6 Å². The van der Waals surface area contributed by atoms with Gasteiger partial charge in [0.1, 0.15) is 11.6 Å². The zero-order valence-electron chi connectivity index (χ0n) is 14.1. The fraction of sp³-hybridized carbons (Fsp3) is 0.263. The molecule has 0 aromatic heterocycles. The zero-order chi connectivity index (χ0) is 19.6. The van der Waals surface area contributed by atoms with Gasteiger partial charge in [0, 0.05) is 30.8 Å². The fourth-order valence-corrected chi connectivity index (χ4v) is 3.26. The molecule has 27 heavy (non-hydrogen) atoms. The van der Waals surface area contributed by atoms with Gasteiger partial charge in [0.15, 0.2) is 0 Å². The van der Waals surface area contributed by atoms with Crippen molar-refractivity contribution in [2.24, 2.45) is 0 Å². The molecule has 0 aliphatic carbocycles. The third kappa shape index (κ3) is 4.57. The Bertz CT molecular complexity index is 884. The summed E-state index contributed by atoms with van der Waals surface area (Å²) in [6.45, 7) is 0.726. The van der Waals surface area contributed by atoms with Gasteiger partial charge in [-0.25, -0.2) is 8.78 Å². The molecule has 2 aromatic carbocycles. The van der Waals surface area contributed by atoms with Crippen LogP contribution in [0.5, 0.6) is 0 Å². The Labute approximate surface area is 165 Å². The molecule has 1 N–H and O–H groups in total. The highest BCUT2D eigenvalue weighted by Gasteiger charge is 2.26. The highest BCUT2D eigenvalue weighted by atomic mass is 35.5. The van der Waals surface area contributed by atoms with E-state index < -0.39 is 17.5 Å². The summed E-state index contributed by atoms with van der Waals surface area (Å²) in [5.41, 5.74) is 0.242. The molecule has 1 aliphatic rings. The first-order valence-corrected chi connectivity index (χ1v) is 9.11. The number of nitrogens with one attached hydrogen (secondary N) is 1. The summed E-state index contributed by atoms with van der Waals surface area (Å²) in [6, 6.07) is 7.41. The monoisotopic (exact) mass is 412 g/mol. The van der Waals surface area contributed by atoms with Crippen LogP contribution in [0, 0.1) is 11.6 Å². The number of benzene rings is 2. The van der Waals surface area contributed by atoms with Crippen molar-refractivity contribution in [1.82, 2.24) is 10.2 Å². The molecular weight excluding hydrogens is 397 g/mol. The van der Waals surface area contributed by atoms with Gasteiger partial charge in [-0.05, 0) is 43.2 Å². The molecule has 4 nitrogen and oxygen atoms in total. The lowest BCUT2D eigenvalue weighted by Gasteiger charge is -2.32. The van der Waals surface area contributed by atoms with Crippen molar-refractivity contribution in [3.63, 3.8) is 0 Å². The average Bonchev–Trinajstić information content (AvgIpc) is 2.64. The molecule has 0 radical (unpaired) electrons. The quantitative estimate of drug-likeness (QED) is 0.816. The molecule has 2 amide bonds. The Morgan fingerprint density at radius 2 is 1.70 bits per heavy atom. The Morgan fingerprint density at radius 1 is 1.00 bits per heavy atom. The minimum atomic E-state index is -0.880. The number of carbonyl (C=O) groups excluding carboxylic acids is 2. The first kappa shape index (κ1) is 19.6. The van der Waals surface area contributed by atoms with E-state index in [-0.39, 0.29) is 17.5 Å². The van der Waals surface area contributed by atoms with Crippen molar-refractivity contribution >= 4 is 35.0 Å². The third-order valence-electron chi connectivity index (χ3n) is 4.46. The summed E-state index contributed by atoms with van der Waals surface area (Å²) < 4.78 is 26.8. The molecule has 0 unspecified atom stereocenters. The number of carbonyl (C=O) groups is 2. The van der Waals surface area contributed by atoms with Crippen LogP contribution in [0.1, 0.15) is 33.6 Å². The van der Waals surface area contributed by atoms with E-state index in [1.54, 1.807) is 12.1 Å². The highest BCUT2D eigenvalue weighted by molar-refractivity contribution is 6.42. The summed E-state index contributed by atoms with van der Waals surface area (Å²) in [5.74, 6) is -2.37. The number of rotatable bonds is 3. The van der Waals surface area contributed by atoms with Crippen molar-refractivity contribution < 1.29 is 18.4 Å². The second kappa shape index (κ2) is 8.23. The fourth-order valence-electron chi connectivity index (χ4n) is 2.97. The molecule has 2 aromatic rings. The number of piperidine rings is 1. The summed E-state index contributed by atoms with van der Waals surface area (Å²) >= 11 is 11.8. The van der Waals surface area contributed by atoms with E-state index in [9.17, 15) is 18.4 Å². The number of likely N-dealkylation sites (tertiary alicyclic amines) is 1. The lowest BCUT2D eigenvalue weighted by Crippen LogP contribution is -2.46. The average molecular weight is 413 g/mol. The van der Waals surface area contributed by atoms with Gasteiger partial charge in [-0.1, -0.05) is 23.2 Å².